The fourth-order valence-electron chi connectivity index (χ4n) is 5.45. The molecule has 0 radical (unpaired) electrons. The van der Waals surface area contributed by atoms with Crippen molar-refractivity contribution in [2.45, 2.75) is 43.3 Å². The number of hydrogen-bond donors (Lipinski definition) is 1. The maximum Gasteiger partial charge on any atom is 0.229 e. The first-order chi connectivity index (χ1) is 11.8. The summed E-state index contributed by atoms with van der Waals surface area (Å²) >= 11 is 1.89. The van der Waals surface area contributed by atoms with Crippen LogP contribution in [0.4, 0.5) is 5.69 Å². The molecule has 1 aromatic carbocycles. The molecule has 0 unspecified atom stereocenters. The van der Waals surface area contributed by atoms with E-state index in [1.54, 1.807) is 24.3 Å². The van der Waals surface area contributed by atoms with Crippen molar-refractivity contribution in [1.29, 1.82) is 0 Å². The molecule has 0 spiro atoms. The summed E-state index contributed by atoms with van der Waals surface area (Å²) < 4.78 is 25.3. The van der Waals surface area contributed by atoms with Gasteiger partial charge in [0.2, 0.25) is 10.0 Å². The number of nitrogens with one attached hydrogen (secondary N) is 1. The van der Waals surface area contributed by atoms with Crippen LogP contribution in [0, 0.1) is 17.8 Å². The molecule has 4 fully saturated rings. The van der Waals surface area contributed by atoms with E-state index in [-0.39, 0.29) is 5.78 Å². The van der Waals surface area contributed by atoms with Crippen LogP contribution in [0.5, 0.6) is 0 Å². The van der Waals surface area contributed by atoms with Gasteiger partial charge in [-0.05, 0) is 80.5 Å². The van der Waals surface area contributed by atoms with E-state index in [0.717, 1.165) is 24.0 Å². The average Bonchev–Trinajstić information content (AvgIpc) is 2.50. The predicted octanol–water partition coefficient (Wildman–Crippen LogP) is 3.94. The second-order valence-corrected chi connectivity index (χ2v) is 11.5. The van der Waals surface area contributed by atoms with Crippen molar-refractivity contribution in [3.63, 3.8) is 0 Å². The number of benzene rings is 1. The standard InChI is InChI=1S/C19H25NO3S2/c1-25(22,23)20-17-4-2-16(3-5-17)18(21)12-24-19-9-13-6-14(10-19)8-15(7-13)11-19/h2-5,13-15,20H,6-12H2,1H3. The summed E-state index contributed by atoms with van der Waals surface area (Å²) in [5.41, 5.74) is 1.16. The SMILES string of the molecule is CS(=O)(=O)Nc1ccc(C(=O)CSC23CC4CC(CC(C4)C2)C3)cc1. The van der Waals surface area contributed by atoms with Gasteiger partial charge in [0, 0.05) is 16.0 Å². The fraction of sp³-hybridized carbons (Fsp3) is 0.632. The zero-order chi connectivity index (χ0) is 17.7. The highest BCUT2D eigenvalue weighted by molar-refractivity contribution is 8.01. The quantitative estimate of drug-likeness (QED) is 0.761. The van der Waals surface area contributed by atoms with Gasteiger partial charge in [-0.25, -0.2) is 8.42 Å². The number of sulfonamides is 1. The Kier molecular flexibility index (Phi) is 4.39. The van der Waals surface area contributed by atoms with Crippen molar-refractivity contribution in [2.24, 2.45) is 17.8 Å². The first-order valence-corrected chi connectivity index (χ1v) is 11.9. The normalized spacial score (nSPS) is 33.4. The lowest BCUT2D eigenvalue weighted by molar-refractivity contribution is 0.0383. The van der Waals surface area contributed by atoms with Gasteiger partial charge in [-0.3, -0.25) is 9.52 Å². The van der Waals surface area contributed by atoms with E-state index in [2.05, 4.69) is 4.72 Å². The molecule has 0 aliphatic heterocycles. The van der Waals surface area contributed by atoms with Crippen LogP contribution >= 0.6 is 11.8 Å². The molecule has 0 atom stereocenters. The monoisotopic (exact) mass is 379 g/mol. The molecule has 25 heavy (non-hydrogen) atoms. The molecule has 4 aliphatic carbocycles. The summed E-state index contributed by atoms with van der Waals surface area (Å²) in [6.07, 6.45) is 9.28. The number of rotatable bonds is 6. The average molecular weight is 380 g/mol. The lowest BCUT2D eigenvalue weighted by Gasteiger charge is -2.56. The first kappa shape index (κ1) is 17.4. The van der Waals surface area contributed by atoms with Gasteiger partial charge in [-0.1, -0.05) is 0 Å². The topological polar surface area (TPSA) is 63.2 Å². The number of carbonyl (C=O) groups is 1. The summed E-state index contributed by atoms with van der Waals surface area (Å²) in [6.45, 7) is 0. The van der Waals surface area contributed by atoms with Crippen molar-refractivity contribution in [2.75, 3.05) is 16.7 Å². The Hall–Kier alpha value is -1.01. The molecule has 0 saturated heterocycles. The van der Waals surface area contributed by atoms with Crippen molar-refractivity contribution in [3.8, 4) is 0 Å². The first-order valence-electron chi connectivity index (χ1n) is 9.05. The minimum Gasteiger partial charge on any atom is -0.293 e. The van der Waals surface area contributed by atoms with E-state index in [4.69, 9.17) is 0 Å². The van der Waals surface area contributed by atoms with Crippen molar-refractivity contribution < 1.29 is 13.2 Å². The van der Waals surface area contributed by atoms with E-state index in [9.17, 15) is 13.2 Å². The lowest BCUT2D eigenvalue weighted by Crippen LogP contribution is -2.48. The number of hydrogen-bond acceptors (Lipinski definition) is 4. The zero-order valence-electron chi connectivity index (χ0n) is 14.5. The second kappa shape index (κ2) is 6.31. The van der Waals surface area contributed by atoms with Crippen LogP contribution in [0.15, 0.2) is 24.3 Å². The molecular formula is C19H25NO3S2. The molecule has 0 heterocycles. The summed E-state index contributed by atoms with van der Waals surface area (Å²) in [5.74, 6) is 3.37. The number of ketones is 1. The van der Waals surface area contributed by atoms with Crippen LogP contribution in [0.1, 0.15) is 48.9 Å². The second-order valence-electron chi connectivity index (χ2n) is 8.26. The van der Waals surface area contributed by atoms with Crippen LogP contribution in [0.3, 0.4) is 0 Å². The van der Waals surface area contributed by atoms with Gasteiger partial charge in [-0.2, -0.15) is 0 Å². The maximum absolute atomic E-state index is 12.6. The third-order valence-electron chi connectivity index (χ3n) is 6.00. The van der Waals surface area contributed by atoms with Gasteiger partial charge in [0.1, 0.15) is 0 Å². The molecule has 6 heteroatoms. The molecule has 5 rings (SSSR count). The Morgan fingerprint density at radius 2 is 1.60 bits per heavy atom. The molecule has 0 amide bonds. The van der Waals surface area contributed by atoms with Crippen LogP contribution in [-0.2, 0) is 10.0 Å². The van der Waals surface area contributed by atoms with E-state index in [0.29, 0.717) is 21.8 Å². The third-order valence-corrected chi connectivity index (χ3v) is 8.13. The number of Topliss-reactive ketones (excluding diaryl/α,β-unsaturated/α-hetero) is 1. The molecule has 4 nitrogen and oxygen atoms in total. The molecule has 4 aliphatic rings. The Morgan fingerprint density at radius 1 is 1.08 bits per heavy atom. The van der Waals surface area contributed by atoms with Crippen LogP contribution in [0.2, 0.25) is 0 Å². The maximum atomic E-state index is 12.6. The van der Waals surface area contributed by atoms with E-state index in [1.165, 1.54) is 38.5 Å². The fourth-order valence-corrected chi connectivity index (χ4v) is 7.68. The lowest BCUT2D eigenvalue weighted by atomic mass is 9.56. The van der Waals surface area contributed by atoms with Gasteiger partial charge >= 0.3 is 0 Å². The molecule has 4 bridgehead atoms. The Bertz CT molecular complexity index is 735. The van der Waals surface area contributed by atoms with Crippen LogP contribution in [0.25, 0.3) is 0 Å². The molecule has 4 saturated carbocycles. The minimum absolute atomic E-state index is 0.145. The summed E-state index contributed by atoms with van der Waals surface area (Å²) in [5, 5.41) is 0. The van der Waals surface area contributed by atoms with E-state index < -0.39 is 10.0 Å². The number of carbonyl (C=O) groups excluding carboxylic acids is 1. The Balaban J connectivity index is 1.38. The van der Waals surface area contributed by atoms with Crippen molar-refractivity contribution in [1.82, 2.24) is 0 Å². The van der Waals surface area contributed by atoms with Crippen molar-refractivity contribution in [3.05, 3.63) is 29.8 Å². The van der Waals surface area contributed by atoms with Gasteiger partial charge in [-0.15, -0.1) is 11.8 Å². The summed E-state index contributed by atoms with van der Waals surface area (Å²) in [4.78, 5) is 12.6. The van der Waals surface area contributed by atoms with Crippen LogP contribution < -0.4 is 4.72 Å². The molecule has 1 N–H and O–H groups in total. The molecule has 1 aromatic rings. The van der Waals surface area contributed by atoms with E-state index in [1.807, 2.05) is 11.8 Å². The number of thioether (sulfide) groups is 1. The highest BCUT2D eigenvalue weighted by Crippen LogP contribution is 2.60. The van der Waals surface area contributed by atoms with Gasteiger partial charge in [0.15, 0.2) is 5.78 Å². The van der Waals surface area contributed by atoms with E-state index >= 15 is 0 Å². The van der Waals surface area contributed by atoms with Gasteiger partial charge < -0.3 is 0 Å². The highest BCUT2D eigenvalue weighted by atomic mass is 32.2. The predicted molar refractivity (Wildman–Crippen MR) is 103 cm³/mol. The molecule has 0 aromatic heterocycles. The van der Waals surface area contributed by atoms with Gasteiger partial charge in [0.25, 0.3) is 0 Å². The highest BCUT2D eigenvalue weighted by Gasteiger charge is 2.51. The summed E-state index contributed by atoms with van der Waals surface area (Å²) in [7, 11) is -3.29. The Morgan fingerprint density at radius 3 is 2.08 bits per heavy atom. The number of anilines is 1. The molecular weight excluding hydrogens is 354 g/mol. The Labute approximate surface area is 154 Å². The minimum atomic E-state index is -3.29. The molecule has 136 valence electrons. The van der Waals surface area contributed by atoms with Crippen molar-refractivity contribution >= 4 is 33.3 Å². The smallest absolute Gasteiger partial charge is 0.229 e. The largest absolute Gasteiger partial charge is 0.293 e. The third kappa shape index (κ3) is 3.90. The zero-order valence-corrected chi connectivity index (χ0v) is 16.2. The van der Waals surface area contributed by atoms with Crippen LogP contribution in [-0.4, -0.2) is 31.0 Å². The summed E-state index contributed by atoms with van der Waals surface area (Å²) in [6, 6.07) is 6.75. The van der Waals surface area contributed by atoms with Gasteiger partial charge in [0.05, 0.1) is 12.0 Å².